The molecule has 0 unspecified atom stereocenters. The first-order valence-corrected chi connectivity index (χ1v) is 15.9. The summed E-state index contributed by atoms with van der Waals surface area (Å²) in [5.74, 6) is -3.07. The van der Waals surface area contributed by atoms with Gasteiger partial charge in [-0.1, -0.05) is 0 Å². The summed E-state index contributed by atoms with van der Waals surface area (Å²) < 4.78 is 17.6. The Morgan fingerprint density at radius 1 is 1.04 bits per heavy atom. The first-order valence-electron chi connectivity index (χ1n) is 7.02. The zero-order chi connectivity index (χ0) is 17.8. The Balaban J connectivity index is 0. The Morgan fingerprint density at radius 3 is 1.65 bits per heavy atom. The van der Waals surface area contributed by atoms with E-state index >= 15 is 0 Å². The first kappa shape index (κ1) is 25.2. The van der Waals surface area contributed by atoms with Gasteiger partial charge in [-0.25, -0.2) is 0 Å². The number of aliphatic carboxylic acids is 1. The van der Waals surface area contributed by atoms with Gasteiger partial charge in [0.05, 0.1) is 0 Å². The van der Waals surface area contributed by atoms with Gasteiger partial charge in [-0.15, -0.1) is 0 Å². The van der Waals surface area contributed by atoms with E-state index in [1.54, 1.807) is 0 Å². The van der Waals surface area contributed by atoms with Crippen LogP contribution in [0.2, 0.25) is 14.3 Å². The Morgan fingerprint density at radius 2 is 1.39 bits per heavy atom. The summed E-state index contributed by atoms with van der Waals surface area (Å²) in [4.78, 5) is 35.9. The molecule has 7 nitrogen and oxygen atoms in total. The fraction of sp³-hybridized carbons (Fsp3) is 0.786. The summed E-state index contributed by atoms with van der Waals surface area (Å²) in [5.41, 5.74) is -0.803. The van der Waals surface area contributed by atoms with Gasteiger partial charge < -0.3 is 5.11 Å². The Bertz CT molecular complexity index is 426. The van der Waals surface area contributed by atoms with Gasteiger partial charge in [0.2, 0.25) is 0 Å². The van der Waals surface area contributed by atoms with Gasteiger partial charge in [-0.05, 0) is 0 Å². The molecule has 1 saturated heterocycles. The molecule has 0 aliphatic carbocycles. The summed E-state index contributed by atoms with van der Waals surface area (Å²) in [6.07, 6.45) is 0.516. The molecule has 1 rings (SSSR count). The second kappa shape index (κ2) is 9.45. The van der Waals surface area contributed by atoms with Crippen molar-refractivity contribution in [3.05, 3.63) is 0 Å². The molecule has 23 heavy (non-hydrogen) atoms. The number of carbonyl (C=O) groups is 3. The van der Waals surface area contributed by atoms with Crippen molar-refractivity contribution in [3.63, 3.8) is 0 Å². The predicted octanol–water partition coefficient (Wildman–Crippen LogP) is 1.39. The van der Waals surface area contributed by atoms with E-state index in [-0.39, 0.29) is 23.9 Å². The quantitative estimate of drug-likeness (QED) is 0.318. The second-order valence-corrected chi connectivity index (χ2v) is 18.4. The molecular weight excluding hydrogens is 518 g/mol. The van der Waals surface area contributed by atoms with Gasteiger partial charge >= 0.3 is 137 Å². The van der Waals surface area contributed by atoms with Crippen LogP contribution in [0.1, 0.15) is 41.0 Å². The number of carboxylic acids is 1. The SMILES string of the molecule is CC(=O)O.CC(=O)OC1(OC(C)=O)C[CH2][Sn]([CH3])([CH3])[O]C1(C)C.[SnH2]. The topological polar surface area (TPSA) is 99.1 Å². The van der Waals surface area contributed by atoms with Crippen LogP contribution in [-0.4, -0.2) is 77.1 Å². The van der Waals surface area contributed by atoms with Crippen LogP contribution in [0, 0.1) is 0 Å². The zero-order valence-electron chi connectivity index (χ0n) is 15.0. The third-order valence-corrected chi connectivity index (χ3v) is 10.3. The van der Waals surface area contributed by atoms with Crippen molar-refractivity contribution in [2.75, 3.05) is 0 Å². The number of rotatable bonds is 2. The second-order valence-electron chi connectivity index (χ2n) is 6.33. The molecule has 1 heterocycles. The van der Waals surface area contributed by atoms with Gasteiger partial charge in [0.25, 0.3) is 5.97 Å². The number of hydrogen-bond acceptors (Lipinski definition) is 6. The number of carbonyl (C=O) groups excluding carboxylic acids is 2. The molecule has 0 spiro atoms. The number of ether oxygens (including phenoxy) is 2. The van der Waals surface area contributed by atoms with Gasteiger partial charge in [-0.2, -0.15) is 0 Å². The molecule has 1 aliphatic rings. The normalized spacial score (nSPS) is 20.0. The summed E-state index contributed by atoms with van der Waals surface area (Å²) in [6.45, 7) is 7.34. The Labute approximate surface area is 158 Å². The first-order chi connectivity index (χ1) is 9.73. The number of esters is 2. The van der Waals surface area contributed by atoms with E-state index in [0.717, 1.165) is 11.4 Å². The van der Waals surface area contributed by atoms with E-state index < -0.39 is 48.1 Å². The maximum absolute atomic E-state index is 11.3. The van der Waals surface area contributed by atoms with E-state index in [9.17, 15) is 9.59 Å². The predicted molar refractivity (Wildman–Crippen MR) is 90.2 cm³/mol. The van der Waals surface area contributed by atoms with E-state index in [1.165, 1.54) is 13.8 Å². The van der Waals surface area contributed by atoms with Crippen molar-refractivity contribution >= 4 is 60.6 Å². The molecule has 0 aromatic heterocycles. The molecule has 1 aliphatic heterocycles. The van der Waals surface area contributed by atoms with Gasteiger partial charge in [-0.3, -0.25) is 4.79 Å². The summed E-state index contributed by atoms with van der Waals surface area (Å²) in [6, 6.07) is 0. The fourth-order valence-corrected chi connectivity index (χ4v) is 9.75. The fourth-order valence-electron chi connectivity index (χ4n) is 2.42. The number of hydrogen-bond donors (Lipinski definition) is 1. The van der Waals surface area contributed by atoms with Crippen LogP contribution in [0.15, 0.2) is 0 Å². The van der Waals surface area contributed by atoms with Gasteiger partial charge in [0, 0.05) is 6.92 Å². The summed E-state index contributed by atoms with van der Waals surface area (Å²) in [5, 5.41) is 7.42. The van der Waals surface area contributed by atoms with Crippen LogP contribution in [0.4, 0.5) is 0 Å². The standard InChI is InChI=1S/C10H16O5.C2H4O2.2CH3.2Sn.2H/c1-6-10(9(4,5)13,14-7(2)11)15-8(3)12;1-2(3)4;;;;;;/h1,6H2,2-5H3;1H3,(H,3,4);2*1H3;;;;/q-1;;;;;+1;;. The van der Waals surface area contributed by atoms with Crippen LogP contribution < -0.4 is 0 Å². The monoisotopic (exact) mass is 548 g/mol. The van der Waals surface area contributed by atoms with Crippen molar-refractivity contribution in [2.24, 2.45) is 0 Å². The molecule has 134 valence electrons. The minimum atomic E-state index is -2.55. The van der Waals surface area contributed by atoms with Crippen molar-refractivity contribution in [1.82, 2.24) is 0 Å². The van der Waals surface area contributed by atoms with Crippen molar-refractivity contribution < 1.29 is 32.0 Å². The summed E-state index contributed by atoms with van der Waals surface area (Å²) >= 11 is -2.55. The minimum absolute atomic E-state index is 0. The van der Waals surface area contributed by atoms with Gasteiger partial charge in [0.1, 0.15) is 0 Å². The van der Waals surface area contributed by atoms with E-state index in [1.807, 2.05) is 13.8 Å². The van der Waals surface area contributed by atoms with Crippen molar-refractivity contribution in [1.29, 1.82) is 0 Å². The Kier molecular flexibility index (Phi) is 10.4. The van der Waals surface area contributed by atoms with Crippen LogP contribution in [0.25, 0.3) is 0 Å². The van der Waals surface area contributed by atoms with Crippen molar-refractivity contribution in [2.45, 2.75) is 66.7 Å². The molecule has 0 aromatic rings. The molecule has 1 N–H and O–H groups in total. The molecule has 0 saturated carbocycles. The Hall–Kier alpha value is -0.0326. The average Bonchev–Trinajstić information content (AvgIpc) is 2.20. The van der Waals surface area contributed by atoms with E-state index in [4.69, 9.17) is 22.4 Å². The van der Waals surface area contributed by atoms with Gasteiger partial charge in [0.15, 0.2) is 0 Å². The third-order valence-electron chi connectivity index (χ3n) is 3.12. The summed E-state index contributed by atoms with van der Waals surface area (Å²) in [7, 11) is 0. The average molecular weight is 546 g/mol. The number of carboxylic acid groups (broad SMARTS) is 1. The third kappa shape index (κ3) is 8.57. The van der Waals surface area contributed by atoms with E-state index in [0.29, 0.717) is 6.42 Å². The molecule has 0 aromatic carbocycles. The van der Waals surface area contributed by atoms with E-state index in [2.05, 4.69) is 9.88 Å². The zero-order valence-corrected chi connectivity index (χ0v) is 21.9. The molecule has 9 heteroatoms. The molecule has 2 radical (unpaired) electrons. The molecule has 1 fully saturated rings. The maximum atomic E-state index is 11.3. The van der Waals surface area contributed by atoms with Crippen LogP contribution >= 0.6 is 0 Å². The van der Waals surface area contributed by atoms with Crippen molar-refractivity contribution in [3.8, 4) is 0 Å². The van der Waals surface area contributed by atoms with Crippen LogP contribution in [0.5, 0.6) is 0 Å². The molecule has 0 bridgehead atoms. The van der Waals surface area contributed by atoms with Crippen LogP contribution in [0.3, 0.4) is 0 Å². The molecule has 0 atom stereocenters. The molecule has 0 amide bonds. The van der Waals surface area contributed by atoms with Crippen LogP contribution in [-0.2, 0) is 26.9 Å². The molecular formula is C14H28O7Sn2.